The molecule has 0 spiro atoms. The quantitative estimate of drug-likeness (QED) is 0.163. The van der Waals surface area contributed by atoms with E-state index in [2.05, 4.69) is 45.1 Å². The number of hydrogen-bond acceptors (Lipinski definition) is 4. The van der Waals surface area contributed by atoms with Crippen LogP contribution in [0.15, 0.2) is 76.1 Å². The van der Waals surface area contributed by atoms with Gasteiger partial charge in [0.05, 0.1) is 15.6 Å². The molecular formula is C28H29BrN4O2Si. The van der Waals surface area contributed by atoms with Crippen LogP contribution in [-0.2, 0) is 11.5 Å². The van der Waals surface area contributed by atoms with Crippen LogP contribution in [0.3, 0.4) is 0 Å². The molecule has 184 valence electrons. The molecule has 2 aromatic carbocycles. The molecule has 0 N–H and O–H groups in total. The third-order valence-corrected chi connectivity index (χ3v) is 8.82. The van der Waals surface area contributed by atoms with E-state index in [1.54, 1.807) is 6.20 Å². The molecule has 6 nitrogen and oxygen atoms in total. The lowest BCUT2D eigenvalue weighted by molar-refractivity contribution is 0.0877. The summed E-state index contributed by atoms with van der Waals surface area (Å²) in [5.74, 6) is 0. The number of benzene rings is 2. The van der Waals surface area contributed by atoms with E-state index in [-0.39, 0.29) is 5.56 Å². The Kier molecular flexibility index (Phi) is 6.68. The Hall–Kier alpha value is -3.07. The maximum atomic E-state index is 13.9. The second kappa shape index (κ2) is 9.76. The second-order valence-electron chi connectivity index (χ2n) is 10.2. The van der Waals surface area contributed by atoms with Gasteiger partial charge in [-0.3, -0.25) is 9.78 Å². The number of ether oxygens (including phenoxy) is 1. The van der Waals surface area contributed by atoms with Crippen LogP contribution in [0.2, 0.25) is 25.7 Å². The van der Waals surface area contributed by atoms with Crippen LogP contribution >= 0.6 is 15.9 Å². The number of fused-ring (bicyclic) bond motifs is 2. The largest absolute Gasteiger partial charge is 0.361 e. The topological polar surface area (TPSA) is 61.4 Å². The van der Waals surface area contributed by atoms with Crippen molar-refractivity contribution in [1.82, 2.24) is 19.2 Å². The summed E-state index contributed by atoms with van der Waals surface area (Å²) in [5, 5.41) is 5.76. The summed E-state index contributed by atoms with van der Waals surface area (Å²) >= 11 is 3.76. The highest BCUT2D eigenvalue weighted by molar-refractivity contribution is 9.10. The van der Waals surface area contributed by atoms with Gasteiger partial charge in [0.25, 0.3) is 5.56 Å². The summed E-state index contributed by atoms with van der Waals surface area (Å²) in [6.45, 7) is 10.0. The Morgan fingerprint density at radius 2 is 1.78 bits per heavy atom. The average Bonchev–Trinajstić information content (AvgIpc) is 3.21. The van der Waals surface area contributed by atoms with Gasteiger partial charge in [0.15, 0.2) is 5.65 Å². The molecule has 0 bridgehead atoms. The van der Waals surface area contributed by atoms with Gasteiger partial charge in [0.2, 0.25) is 0 Å². The molecule has 0 saturated heterocycles. The summed E-state index contributed by atoms with van der Waals surface area (Å²) in [5.41, 5.74) is 5.37. The van der Waals surface area contributed by atoms with Gasteiger partial charge in [-0.15, -0.1) is 0 Å². The van der Waals surface area contributed by atoms with Crippen molar-refractivity contribution in [3.8, 4) is 22.4 Å². The zero-order chi connectivity index (χ0) is 25.4. The fourth-order valence-electron chi connectivity index (χ4n) is 4.36. The van der Waals surface area contributed by atoms with E-state index in [0.29, 0.717) is 24.5 Å². The lowest BCUT2D eigenvalue weighted by atomic mass is 10.0. The number of pyridine rings is 1. The number of rotatable bonds is 7. The van der Waals surface area contributed by atoms with Crippen LogP contribution in [0.5, 0.6) is 0 Å². The molecule has 8 heteroatoms. The highest BCUT2D eigenvalue weighted by Crippen LogP contribution is 2.33. The molecule has 0 aliphatic heterocycles. The summed E-state index contributed by atoms with van der Waals surface area (Å²) < 4.78 is 10.5. The first-order valence-corrected chi connectivity index (χ1v) is 16.5. The summed E-state index contributed by atoms with van der Waals surface area (Å²) in [7, 11) is -1.23. The number of aromatic nitrogens is 4. The van der Waals surface area contributed by atoms with Gasteiger partial charge >= 0.3 is 0 Å². The van der Waals surface area contributed by atoms with Gasteiger partial charge in [0.1, 0.15) is 12.4 Å². The SMILES string of the molecule is Cc1c(-c2ccc3ncccc3c2)c(=O)n2nc(-c3ccccc3)c(Br)c2n1COCC[Si](C)(C)C. The van der Waals surface area contributed by atoms with E-state index in [0.717, 1.165) is 43.9 Å². The van der Waals surface area contributed by atoms with E-state index < -0.39 is 8.07 Å². The van der Waals surface area contributed by atoms with Crippen LogP contribution in [0, 0.1) is 6.92 Å². The zero-order valence-electron chi connectivity index (χ0n) is 21.0. The first kappa shape index (κ1) is 24.6. The third kappa shape index (κ3) is 4.68. The van der Waals surface area contributed by atoms with Gasteiger partial charge in [-0.05, 0) is 52.7 Å². The molecule has 5 aromatic rings. The van der Waals surface area contributed by atoms with E-state index in [4.69, 9.17) is 9.84 Å². The molecule has 0 aliphatic carbocycles. The van der Waals surface area contributed by atoms with Crippen molar-refractivity contribution < 1.29 is 4.74 Å². The van der Waals surface area contributed by atoms with Gasteiger partial charge in [-0.1, -0.05) is 62.1 Å². The van der Waals surface area contributed by atoms with Crippen molar-refractivity contribution in [2.75, 3.05) is 6.61 Å². The maximum absolute atomic E-state index is 13.9. The van der Waals surface area contributed by atoms with Gasteiger partial charge in [0, 0.05) is 37.5 Å². The van der Waals surface area contributed by atoms with Crippen LogP contribution in [0.1, 0.15) is 5.69 Å². The Morgan fingerprint density at radius 3 is 2.53 bits per heavy atom. The molecule has 3 aromatic heterocycles. The number of nitrogens with zero attached hydrogens (tertiary/aromatic N) is 4. The van der Waals surface area contributed by atoms with Gasteiger partial charge in [-0.2, -0.15) is 9.61 Å². The molecule has 0 radical (unpaired) electrons. The minimum Gasteiger partial charge on any atom is -0.361 e. The number of hydrogen-bond donors (Lipinski definition) is 0. The van der Waals surface area contributed by atoms with Crippen LogP contribution < -0.4 is 5.56 Å². The molecule has 5 rings (SSSR count). The molecule has 0 unspecified atom stereocenters. The predicted molar refractivity (Wildman–Crippen MR) is 152 cm³/mol. The lowest BCUT2D eigenvalue weighted by Gasteiger charge is -2.19. The minimum atomic E-state index is -1.23. The van der Waals surface area contributed by atoms with Crippen molar-refractivity contribution in [2.24, 2.45) is 0 Å². The fourth-order valence-corrected chi connectivity index (χ4v) is 5.80. The fraction of sp³-hybridized carbons (Fsp3) is 0.250. The Morgan fingerprint density at radius 1 is 1.00 bits per heavy atom. The molecule has 0 fully saturated rings. The van der Waals surface area contributed by atoms with Crippen molar-refractivity contribution in [3.63, 3.8) is 0 Å². The summed E-state index contributed by atoms with van der Waals surface area (Å²) in [4.78, 5) is 18.3. The van der Waals surface area contributed by atoms with Crippen LogP contribution in [0.4, 0.5) is 0 Å². The molecule has 0 amide bonds. The van der Waals surface area contributed by atoms with Crippen LogP contribution in [-0.4, -0.2) is 33.8 Å². The minimum absolute atomic E-state index is 0.160. The first-order chi connectivity index (χ1) is 17.2. The third-order valence-electron chi connectivity index (χ3n) is 6.39. The maximum Gasteiger partial charge on any atom is 0.282 e. The Balaban J connectivity index is 1.71. The molecular weight excluding hydrogens is 532 g/mol. The normalized spacial score (nSPS) is 12.0. The Labute approximate surface area is 219 Å². The van der Waals surface area contributed by atoms with Crippen molar-refractivity contribution in [2.45, 2.75) is 39.3 Å². The lowest BCUT2D eigenvalue weighted by Crippen LogP contribution is -2.25. The number of halogens is 1. The molecule has 3 heterocycles. The molecule has 36 heavy (non-hydrogen) atoms. The van der Waals surface area contributed by atoms with Crippen LogP contribution in [0.25, 0.3) is 38.9 Å². The second-order valence-corrected chi connectivity index (χ2v) is 16.6. The van der Waals surface area contributed by atoms with Crippen molar-refractivity contribution in [3.05, 3.63) is 87.4 Å². The summed E-state index contributed by atoms with van der Waals surface area (Å²) in [6.07, 6.45) is 1.77. The smallest absolute Gasteiger partial charge is 0.282 e. The highest BCUT2D eigenvalue weighted by Gasteiger charge is 2.23. The standard InChI is InChI=1S/C28H29BrN4O2Si/c1-19-24(22-12-13-23-21(17-22)11-8-14-30-23)28(34)33-27(32(19)18-35-15-16-36(2,3)4)25(29)26(31-33)20-9-6-5-7-10-20/h5-14,17H,15-16,18H2,1-4H3. The average molecular weight is 562 g/mol. The molecule has 0 aliphatic rings. The monoisotopic (exact) mass is 560 g/mol. The van der Waals surface area contributed by atoms with Gasteiger partial charge < -0.3 is 9.30 Å². The summed E-state index contributed by atoms with van der Waals surface area (Å²) in [6, 6.07) is 20.8. The van der Waals surface area contributed by atoms with E-state index in [1.165, 1.54) is 4.52 Å². The van der Waals surface area contributed by atoms with E-state index >= 15 is 0 Å². The van der Waals surface area contributed by atoms with Crippen molar-refractivity contribution in [1.29, 1.82) is 0 Å². The highest BCUT2D eigenvalue weighted by atomic mass is 79.9. The van der Waals surface area contributed by atoms with E-state index in [9.17, 15) is 4.79 Å². The predicted octanol–water partition coefficient (Wildman–Crippen LogP) is 6.76. The molecule has 0 atom stereocenters. The van der Waals surface area contributed by atoms with Gasteiger partial charge in [-0.25, -0.2) is 0 Å². The first-order valence-electron chi connectivity index (χ1n) is 12.0. The molecule has 0 saturated carbocycles. The van der Waals surface area contributed by atoms with E-state index in [1.807, 2.05) is 67.6 Å². The van der Waals surface area contributed by atoms with Crippen molar-refractivity contribution >= 4 is 40.6 Å². The Bertz CT molecular complexity index is 1620. The zero-order valence-corrected chi connectivity index (χ0v) is 23.5.